The molecule has 3 rings (SSSR count). The van der Waals surface area contributed by atoms with Crippen LogP contribution >= 0.6 is 0 Å². The molecule has 0 amide bonds. The number of hydrogen-bond acceptors (Lipinski definition) is 3. The minimum absolute atomic E-state index is 0.493. The molecule has 2 heterocycles. The van der Waals surface area contributed by atoms with E-state index >= 15 is 0 Å². The lowest BCUT2D eigenvalue weighted by Crippen LogP contribution is -2.23. The molecule has 0 aliphatic carbocycles. The van der Waals surface area contributed by atoms with Crippen LogP contribution in [-0.2, 0) is 6.42 Å². The Morgan fingerprint density at radius 1 is 1.33 bits per heavy atom. The Morgan fingerprint density at radius 3 is 2.90 bits per heavy atom. The fourth-order valence-corrected chi connectivity index (χ4v) is 3.11. The van der Waals surface area contributed by atoms with Gasteiger partial charge in [0.2, 0.25) is 0 Å². The Hall–Kier alpha value is -1.97. The normalized spacial score (nSPS) is 17.1. The van der Waals surface area contributed by atoms with Crippen molar-refractivity contribution in [3.05, 3.63) is 42.0 Å². The molecule has 4 heteroatoms. The topological polar surface area (TPSA) is 41.2 Å². The maximum absolute atomic E-state index is 5.83. The zero-order valence-corrected chi connectivity index (χ0v) is 12.8. The number of nitrogens with one attached hydrogen (secondary N) is 1. The van der Waals surface area contributed by atoms with Gasteiger partial charge in [-0.3, -0.25) is 0 Å². The van der Waals surface area contributed by atoms with Crippen LogP contribution in [0.25, 0.3) is 0 Å². The summed E-state index contributed by atoms with van der Waals surface area (Å²) in [4.78, 5) is 9.78. The molecule has 0 spiro atoms. The van der Waals surface area contributed by atoms with Gasteiger partial charge >= 0.3 is 0 Å². The third kappa shape index (κ3) is 2.89. The number of aromatic amines is 1. The van der Waals surface area contributed by atoms with E-state index in [2.05, 4.69) is 46.9 Å². The van der Waals surface area contributed by atoms with E-state index in [0.29, 0.717) is 5.92 Å². The predicted octanol–water partition coefficient (Wildman–Crippen LogP) is 3.36. The number of fused-ring (bicyclic) bond motifs is 1. The van der Waals surface area contributed by atoms with Gasteiger partial charge in [-0.05, 0) is 56.4 Å². The van der Waals surface area contributed by atoms with Crippen LogP contribution in [0.5, 0.6) is 5.75 Å². The number of benzene rings is 1. The van der Waals surface area contributed by atoms with Crippen molar-refractivity contribution in [2.45, 2.75) is 32.6 Å². The molecule has 1 aromatic carbocycles. The molecule has 1 aromatic heterocycles. The number of nitrogens with zero attached hydrogens (tertiary/aromatic N) is 2. The Morgan fingerprint density at radius 2 is 2.19 bits per heavy atom. The highest BCUT2D eigenvalue weighted by molar-refractivity contribution is 5.55. The smallest absolute Gasteiger partial charge is 0.122 e. The lowest BCUT2D eigenvalue weighted by Gasteiger charge is -2.28. The van der Waals surface area contributed by atoms with Crippen LogP contribution in [0.1, 0.15) is 37.4 Å². The van der Waals surface area contributed by atoms with Crippen molar-refractivity contribution in [1.82, 2.24) is 9.97 Å². The summed E-state index contributed by atoms with van der Waals surface area (Å²) in [5.74, 6) is 1.53. The molecule has 0 radical (unpaired) electrons. The highest BCUT2D eigenvalue weighted by atomic mass is 16.5. The molecule has 112 valence electrons. The SMILES string of the molecule is CCN(CC)c1ccc2c(c1)C(Cc1c[nH]cn1)CCO2. The van der Waals surface area contributed by atoms with Crippen LogP contribution in [-0.4, -0.2) is 29.7 Å². The van der Waals surface area contributed by atoms with E-state index in [-0.39, 0.29) is 0 Å². The van der Waals surface area contributed by atoms with E-state index in [1.54, 1.807) is 6.33 Å². The van der Waals surface area contributed by atoms with Crippen LogP contribution in [0.15, 0.2) is 30.7 Å². The van der Waals surface area contributed by atoms with Crippen LogP contribution in [0, 0.1) is 0 Å². The number of rotatable bonds is 5. The van der Waals surface area contributed by atoms with E-state index in [9.17, 15) is 0 Å². The van der Waals surface area contributed by atoms with Gasteiger partial charge in [0.15, 0.2) is 0 Å². The molecule has 1 N–H and O–H groups in total. The lowest BCUT2D eigenvalue weighted by atomic mass is 9.89. The quantitative estimate of drug-likeness (QED) is 0.915. The molecule has 1 aliphatic heterocycles. The van der Waals surface area contributed by atoms with Gasteiger partial charge in [-0.1, -0.05) is 0 Å². The van der Waals surface area contributed by atoms with Crippen molar-refractivity contribution in [1.29, 1.82) is 0 Å². The average molecular weight is 285 g/mol. The fraction of sp³-hybridized carbons (Fsp3) is 0.471. The lowest BCUT2D eigenvalue weighted by molar-refractivity contribution is 0.266. The molecule has 1 aliphatic rings. The standard InChI is InChI=1S/C17H23N3O/c1-3-20(4-2)15-5-6-17-16(10-15)13(7-8-21-17)9-14-11-18-12-19-14/h5-6,10-13H,3-4,7-9H2,1-2H3,(H,18,19). The molecule has 1 atom stereocenters. The van der Waals surface area contributed by atoms with Gasteiger partial charge in [-0.15, -0.1) is 0 Å². The summed E-state index contributed by atoms with van der Waals surface area (Å²) >= 11 is 0. The van der Waals surface area contributed by atoms with Gasteiger partial charge in [0.05, 0.1) is 18.6 Å². The van der Waals surface area contributed by atoms with Crippen LogP contribution < -0.4 is 9.64 Å². The number of H-pyrrole nitrogens is 1. The molecule has 4 nitrogen and oxygen atoms in total. The van der Waals surface area contributed by atoms with Gasteiger partial charge in [-0.2, -0.15) is 0 Å². The first kappa shape index (κ1) is 14.0. The zero-order valence-electron chi connectivity index (χ0n) is 12.8. The number of imidazole rings is 1. The second kappa shape index (κ2) is 6.20. The van der Waals surface area contributed by atoms with Gasteiger partial charge in [0.25, 0.3) is 0 Å². The van der Waals surface area contributed by atoms with E-state index in [4.69, 9.17) is 4.74 Å². The first-order chi connectivity index (χ1) is 10.3. The molecule has 0 saturated heterocycles. The predicted molar refractivity (Wildman–Crippen MR) is 85.1 cm³/mol. The molecular formula is C17H23N3O. The zero-order chi connectivity index (χ0) is 14.7. The number of hydrogen-bond donors (Lipinski definition) is 1. The van der Waals surface area contributed by atoms with Crippen molar-refractivity contribution in [2.24, 2.45) is 0 Å². The van der Waals surface area contributed by atoms with Gasteiger partial charge in [-0.25, -0.2) is 4.98 Å². The van der Waals surface area contributed by atoms with Gasteiger partial charge < -0.3 is 14.6 Å². The number of ether oxygens (including phenoxy) is 1. The van der Waals surface area contributed by atoms with Gasteiger partial charge in [0.1, 0.15) is 5.75 Å². The minimum Gasteiger partial charge on any atom is -0.493 e. The summed E-state index contributed by atoms with van der Waals surface area (Å²) in [7, 11) is 0. The fourth-order valence-electron chi connectivity index (χ4n) is 3.11. The van der Waals surface area contributed by atoms with Crippen molar-refractivity contribution in [3.8, 4) is 5.75 Å². The highest BCUT2D eigenvalue weighted by Crippen LogP contribution is 2.38. The van der Waals surface area contributed by atoms with Crippen LogP contribution in [0.2, 0.25) is 0 Å². The minimum atomic E-state index is 0.493. The van der Waals surface area contributed by atoms with E-state index < -0.39 is 0 Å². The molecule has 21 heavy (non-hydrogen) atoms. The van der Waals surface area contributed by atoms with Crippen LogP contribution in [0.3, 0.4) is 0 Å². The molecule has 0 saturated carbocycles. The van der Waals surface area contributed by atoms with Gasteiger partial charge in [0, 0.05) is 25.0 Å². The van der Waals surface area contributed by atoms with Crippen molar-refractivity contribution in [3.63, 3.8) is 0 Å². The highest BCUT2D eigenvalue weighted by Gasteiger charge is 2.23. The number of anilines is 1. The van der Waals surface area contributed by atoms with Crippen LogP contribution in [0.4, 0.5) is 5.69 Å². The Balaban J connectivity index is 1.89. The average Bonchev–Trinajstić information content (AvgIpc) is 3.02. The van der Waals surface area contributed by atoms with Crippen molar-refractivity contribution >= 4 is 5.69 Å². The first-order valence-corrected chi connectivity index (χ1v) is 7.81. The molecule has 2 aromatic rings. The molecule has 0 fully saturated rings. The Labute approximate surface area is 126 Å². The van der Waals surface area contributed by atoms with E-state index in [1.165, 1.54) is 11.3 Å². The maximum atomic E-state index is 5.83. The summed E-state index contributed by atoms with van der Waals surface area (Å²) in [6.07, 6.45) is 5.77. The van der Waals surface area contributed by atoms with Crippen molar-refractivity contribution in [2.75, 3.05) is 24.6 Å². The monoisotopic (exact) mass is 285 g/mol. The Bertz CT molecular complexity index is 576. The third-order valence-corrected chi connectivity index (χ3v) is 4.30. The van der Waals surface area contributed by atoms with E-state index in [0.717, 1.165) is 44.0 Å². The molecular weight excluding hydrogens is 262 g/mol. The summed E-state index contributed by atoms with van der Waals surface area (Å²) in [6.45, 7) is 7.24. The third-order valence-electron chi connectivity index (χ3n) is 4.30. The largest absolute Gasteiger partial charge is 0.493 e. The Kier molecular flexibility index (Phi) is 4.13. The summed E-state index contributed by atoms with van der Waals surface area (Å²) in [5, 5.41) is 0. The first-order valence-electron chi connectivity index (χ1n) is 7.81. The van der Waals surface area contributed by atoms with E-state index in [1.807, 2.05) is 6.20 Å². The summed E-state index contributed by atoms with van der Waals surface area (Å²) in [6, 6.07) is 6.60. The maximum Gasteiger partial charge on any atom is 0.122 e. The summed E-state index contributed by atoms with van der Waals surface area (Å²) < 4.78 is 5.83. The molecule has 1 unspecified atom stereocenters. The summed E-state index contributed by atoms with van der Waals surface area (Å²) in [5.41, 5.74) is 3.74. The molecule has 0 bridgehead atoms. The second-order valence-electron chi connectivity index (χ2n) is 5.49. The number of aromatic nitrogens is 2. The second-order valence-corrected chi connectivity index (χ2v) is 5.49. The van der Waals surface area contributed by atoms with Crippen molar-refractivity contribution < 1.29 is 4.74 Å².